The van der Waals surface area contributed by atoms with Crippen molar-refractivity contribution in [2.45, 2.75) is 50.1 Å². The highest BCUT2D eigenvalue weighted by atomic mass is 32.2. The van der Waals surface area contributed by atoms with Gasteiger partial charge >= 0.3 is 0 Å². The van der Waals surface area contributed by atoms with Gasteiger partial charge in [-0.05, 0) is 61.4 Å². The number of hydrogen-bond donors (Lipinski definition) is 0. The molecule has 3 aromatic heterocycles. The van der Waals surface area contributed by atoms with Crippen molar-refractivity contribution in [1.29, 1.82) is 0 Å². The average Bonchev–Trinajstić information content (AvgIpc) is 3.15. The van der Waals surface area contributed by atoms with Crippen LogP contribution in [0.15, 0.2) is 58.7 Å². The lowest BCUT2D eigenvalue weighted by atomic mass is 9.97. The van der Waals surface area contributed by atoms with Crippen molar-refractivity contribution in [2.24, 2.45) is 0 Å². The van der Waals surface area contributed by atoms with Crippen molar-refractivity contribution < 1.29 is 0 Å². The van der Waals surface area contributed by atoms with Gasteiger partial charge in [-0.1, -0.05) is 41.6 Å². The molecule has 152 valence electrons. The number of aromatic nitrogens is 3. The molecule has 1 aliphatic carbocycles. The molecular formula is C24H23N3OS2. The van der Waals surface area contributed by atoms with Crippen LogP contribution in [0.4, 0.5) is 0 Å². The first-order valence-corrected chi connectivity index (χ1v) is 12.1. The quantitative estimate of drug-likeness (QED) is 0.313. The number of benzene rings is 1. The van der Waals surface area contributed by atoms with Crippen molar-refractivity contribution in [3.05, 3.63) is 86.3 Å². The number of aryl methyl sites for hydroxylation is 3. The molecule has 1 aromatic carbocycles. The molecule has 0 unspecified atom stereocenters. The van der Waals surface area contributed by atoms with E-state index in [2.05, 4.69) is 36.2 Å². The van der Waals surface area contributed by atoms with E-state index < -0.39 is 0 Å². The Hall–Kier alpha value is -2.44. The second-order valence-electron chi connectivity index (χ2n) is 7.81. The number of pyridine rings is 1. The smallest absolute Gasteiger partial charge is 0.263 e. The number of fused-ring (bicyclic) bond motifs is 3. The van der Waals surface area contributed by atoms with Gasteiger partial charge in [0.25, 0.3) is 5.56 Å². The van der Waals surface area contributed by atoms with Crippen molar-refractivity contribution >= 4 is 33.3 Å². The third kappa shape index (κ3) is 3.82. The molecule has 0 bridgehead atoms. The minimum Gasteiger partial charge on any atom is -0.283 e. The molecule has 1 aliphatic rings. The van der Waals surface area contributed by atoms with Crippen LogP contribution in [-0.2, 0) is 25.1 Å². The first-order valence-electron chi connectivity index (χ1n) is 10.3. The van der Waals surface area contributed by atoms with Crippen LogP contribution in [0.25, 0.3) is 10.2 Å². The fourth-order valence-electron chi connectivity index (χ4n) is 3.97. The van der Waals surface area contributed by atoms with Crippen LogP contribution < -0.4 is 5.56 Å². The normalized spacial score (nSPS) is 13.5. The number of thiophene rings is 1. The van der Waals surface area contributed by atoms with Crippen molar-refractivity contribution in [1.82, 2.24) is 14.5 Å². The summed E-state index contributed by atoms with van der Waals surface area (Å²) in [6, 6.07) is 12.5. The fourth-order valence-corrected chi connectivity index (χ4v) is 6.23. The highest BCUT2D eigenvalue weighted by Crippen LogP contribution is 2.35. The van der Waals surface area contributed by atoms with Gasteiger partial charge in [0.15, 0.2) is 5.16 Å². The summed E-state index contributed by atoms with van der Waals surface area (Å²) in [6.45, 7) is 2.61. The molecule has 0 fully saturated rings. The predicted molar refractivity (Wildman–Crippen MR) is 125 cm³/mol. The van der Waals surface area contributed by atoms with Crippen LogP contribution in [0, 0.1) is 6.92 Å². The molecule has 5 rings (SSSR count). The molecule has 0 aliphatic heterocycles. The number of nitrogens with zero attached hydrogens (tertiary/aromatic N) is 3. The molecule has 6 heteroatoms. The maximum absolute atomic E-state index is 13.6. The molecule has 0 spiro atoms. The first-order chi connectivity index (χ1) is 14.7. The van der Waals surface area contributed by atoms with Crippen LogP contribution in [0.2, 0.25) is 0 Å². The Morgan fingerprint density at radius 3 is 2.60 bits per heavy atom. The topological polar surface area (TPSA) is 47.8 Å². The third-order valence-corrected chi connectivity index (χ3v) is 7.85. The van der Waals surface area contributed by atoms with Crippen LogP contribution in [0.5, 0.6) is 0 Å². The predicted octanol–water partition coefficient (Wildman–Crippen LogP) is 5.38. The van der Waals surface area contributed by atoms with E-state index in [4.69, 9.17) is 4.98 Å². The molecule has 4 nitrogen and oxygen atoms in total. The highest BCUT2D eigenvalue weighted by molar-refractivity contribution is 7.98. The van der Waals surface area contributed by atoms with E-state index in [0.29, 0.717) is 6.54 Å². The maximum Gasteiger partial charge on any atom is 0.263 e. The molecule has 4 aromatic rings. The monoisotopic (exact) mass is 433 g/mol. The van der Waals surface area contributed by atoms with E-state index in [-0.39, 0.29) is 5.56 Å². The Bertz CT molecular complexity index is 1240. The van der Waals surface area contributed by atoms with Gasteiger partial charge in [-0.25, -0.2) is 4.98 Å². The Labute approximate surface area is 184 Å². The molecule has 30 heavy (non-hydrogen) atoms. The van der Waals surface area contributed by atoms with Gasteiger partial charge in [-0.3, -0.25) is 14.3 Å². The van der Waals surface area contributed by atoms with E-state index in [1.165, 1.54) is 28.0 Å². The first kappa shape index (κ1) is 19.5. The molecule has 0 N–H and O–H groups in total. The molecule has 0 atom stereocenters. The van der Waals surface area contributed by atoms with E-state index in [1.807, 2.05) is 16.7 Å². The standard InChI is InChI=1S/C24H23N3OS2/c1-16-6-8-18(9-7-16)15-29-24-26-22-21(19-4-2-3-5-20(19)30-22)23(28)27(24)14-17-10-12-25-13-11-17/h6-13H,2-5,14-15H2,1H3. The van der Waals surface area contributed by atoms with Crippen LogP contribution in [-0.4, -0.2) is 14.5 Å². The van der Waals surface area contributed by atoms with Gasteiger partial charge in [0.1, 0.15) is 4.83 Å². The summed E-state index contributed by atoms with van der Waals surface area (Å²) in [4.78, 5) is 25.0. The van der Waals surface area contributed by atoms with Crippen LogP contribution >= 0.6 is 23.1 Å². The zero-order valence-electron chi connectivity index (χ0n) is 16.9. The van der Waals surface area contributed by atoms with Crippen molar-refractivity contribution in [2.75, 3.05) is 0 Å². The van der Waals surface area contributed by atoms with E-state index in [0.717, 1.165) is 46.0 Å². The zero-order valence-corrected chi connectivity index (χ0v) is 18.6. The van der Waals surface area contributed by atoms with E-state index in [9.17, 15) is 4.79 Å². The Kier molecular flexibility index (Phi) is 5.44. The van der Waals surface area contributed by atoms with Crippen LogP contribution in [0.1, 0.15) is 40.0 Å². The van der Waals surface area contributed by atoms with Gasteiger partial charge in [-0.2, -0.15) is 0 Å². The summed E-state index contributed by atoms with van der Waals surface area (Å²) in [7, 11) is 0. The number of rotatable bonds is 5. The molecule has 0 saturated carbocycles. The van der Waals surface area contributed by atoms with Crippen LogP contribution in [0.3, 0.4) is 0 Å². The fraction of sp³-hybridized carbons (Fsp3) is 0.292. The average molecular weight is 434 g/mol. The lowest BCUT2D eigenvalue weighted by molar-refractivity contribution is 0.655. The summed E-state index contributed by atoms with van der Waals surface area (Å²) < 4.78 is 1.86. The molecular weight excluding hydrogens is 410 g/mol. The van der Waals surface area contributed by atoms with Crippen molar-refractivity contribution in [3.63, 3.8) is 0 Å². The van der Waals surface area contributed by atoms with Gasteiger partial charge < -0.3 is 0 Å². The summed E-state index contributed by atoms with van der Waals surface area (Å²) >= 11 is 3.36. The summed E-state index contributed by atoms with van der Waals surface area (Å²) in [5.74, 6) is 0.791. The molecule has 0 radical (unpaired) electrons. The molecule has 0 amide bonds. The minimum absolute atomic E-state index is 0.0996. The van der Waals surface area contributed by atoms with Gasteiger partial charge in [0.05, 0.1) is 11.9 Å². The summed E-state index contributed by atoms with van der Waals surface area (Å²) in [6.07, 6.45) is 7.99. The second kappa shape index (κ2) is 8.36. The Morgan fingerprint density at radius 1 is 1.03 bits per heavy atom. The second-order valence-corrected chi connectivity index (χ2v) is 9.83. The number of thioether (sulfide) groups is 1. The third-order valence-electron chi connectivity index (χ3n) is 5.62. The lowest BCUT2D eigenvalue weighted by Crippen LogP contribution is -2.24. The van der Waals surface area contributed by atoms with Gasteiger partial charge in [0.2, 0.25) is 0 Å². The van der Waals surface area contributed by atoms with Crippen molar-refractivity contribution in [3.8, 4) is 0 Å². The van der Waals surface area contributed by atoms with Gasteiger partial charge in [0, 0.05) is 23.0 Å². The largest absolute Gasteiger partial charge is 0.283 e. The van der Waals surface area contributed by atoms with Gasteiger partial charge in [-0.15, -0.1) is 11.3 Å². The molecule has 0 saturated heterocycles. The highest BCUT2D eigenvalue weighted by Gasteiger charge is 2.22. The lowest BCUT2D eigenvalue weighted by Gasteiger charge is -2.14. The maximum atomic E-state index is 13.6. The Morgan fingerprint density at radius 2 is 1.80 bits per heavy atom. The SMILES string of the molecule is Cc1ccc(CSc2nc3sc4c(c3c(=O)n2Cc2ccncc2)CCCC4)cc1. The summed E-state index contributed by atoms with van der Waals surface area (Å²) in [5, 5.41) is 1.65. The summed E-state index contributed by atoms with van der Waals surface area (Å²) in [5.41, 5.74) is 4.90. The Balaban J connectivity index is 1.58. The minimum atomic E-state index is 0.0996. The number of hydrogen-bond acceptors (Lipinski definition) is 5. The van der Waals surface area contributed by atoms with E-state index >= 15 is 0 Å². The van der Waals surface area contributed by atoms with E-state index in [1.54, 1.807) is 35.5 Å². The molecule has 3 heterocycles. The zero-order chi connectivity index (χ0) is 20.5.